The van der Waals surface area contributed by atoms with Crippen molar-refractivity contribution in [2.24, 2.45) is 0 Å². The summed E-state index contributed by atoms with van der Waals surface area (Å²) in [6.07, 6.45) is 4.57. The third-order valence-electron chi connectivity index (χ3n) is 5.33. The number of rotatable bonds is 2. The summed E-state index contributed by atoms with van der Waals surface area (Å²) in [5.74, 6) is 0.0620. The number of hydrogen-bond donors (Lipinski definition) is 0. The highest BCUT2D eigenvalue weighted by molar-refractivity contribution is 5.93. The van der Waals surface area contributed by atoms with Gasteiger partial charge in [0, 0.05) is 41.9 Å². The Bertz CT molecular complexity index is 1180. The van der Waals surface area contributed by atoms with Crippen LogP contribution in [0, 0.1) is 0 Å². The number of amides is 1. The van der Waals surface area contributed by atoms with Crippen LogP contribution < -0.4 is 4.90 Å². The molecule has 2 aromatic heterocycles. The standard InChI is InChI=1S/C22H19N5O/c1-15(28)26-13-11-21(18-8-2-3-10-20(18)26)27-14-19(24-25-27)17-9-4-6-16-7-5-12-23-22(16)17/h2-10,12,14,21H,11,13H2,1H3. The molecule has 0 spiro atoms. The maximum Gasteiger partial charge on any atom is 0.223 e. The van der Waals surface area contributed by atoms with Crippen LogP contribution in [0.3, 0.4) is 0 Å². The van der Waals surface area contributed by atoms with Crippen LogP contribution in [0.5, 0.6) is 0 Å². The van der Waals surface area contributed by atoms with Gasteiger partial charge in [-0.15, -0.1) is 5.10 Å². The summed E-state index contributed by atoms with van der Waals surface area (Å²) < 4.78 is 1.91. The lowest BCUT2D eigenvalue weighted by atomic mass is 9.96. The van der Waals surface area contributed by atoms with Crippen LogP contribution >= 0.6 is 0 Å². The minimum Gasteiger partial charge on any atom is -0.312 e. The van der Waals surface area contributed by atoms with E-state index in [4.69, 9.17) is 0 Å². The van der Waals surface area contributed by atoms with E-state index in [0.29, 0.717) is 6.54 Å². The van der Waals surface area contributed by atoms with Gasteiger partial charge in [-0.2, -0.15) is 0 Å². The SMILES string of the molecule is CC(=O)N1CCC(n2cc(-c3cccc4cccnc34)nn2)c2ccccc21. The van der Waals surface area contributed by atoms with Crippen LogP contribution in [0.15, 0.2) is 67.0 Å². The van der Waals surface area contributed by atoms with Crippen molar-refractivity contribution >= 4 is 22.5 Å². The number of para-hydroxylation sites is 2. The number of carbonyl (C=O) groups excluding carboxylic acids is 1. The molecule has 0 saturated carbocycles. The molecule has 1 atom stereocenters. The van der Waals surface area contributed by atoms with Crippen LogP contribution in [0.1, 0.15) is 24.9 Å². The number of aromatic nitrogens is 4. The summed E-state index contributed by atoms with van der Waals surface area (Å²) in [6.45, 7) is 2.28. The summed E-state index contributed by atoms with van der Waals surface area (Å²) >= 11 is 0. The first-order chi connectivity index (χ1) is 13.7. The number of benzene rings is 2. The van der Waals surface area contributed by atoms with Crippen LogP contribution in [0.25, 0.3) is 22.2 Å². The second kappa shape index (κ2) is 6.56. The zero-order chi connectivity index (χ0) is 19.1. The van der Waals surface area contributed by atoms with Crippen molar-refractivity contribution in [1.82, 2.24) is 20.0 Å². The summed E-state index contributed by atoms with van der Waals surface area (Å²) in [4.78, 5) is 18.4. The molecule has 0 N–H and O–H groups in total. The van der Waals surface area contributed by atoms with Gasteiger partial charge in [-0.25, -0.2) is 4.68 Å². The molecular formula is C22H19N5O. The van der Waals surface area contributed by atoms with Gasteiger partial charge in [-0.3, -0.25) is 9.78 Å². The zero-order valence-electron chi connectivity index (χ0n) is 15.5. The van der Waals surface area contributed by atoms with Crippen LogP contribution in [0.4, 0.5) is 5.69 Å². The number of pyridine rings is 1. The van der Waals surface area contributed by atoms with Crippen molar-refractivity contribution in [2.75, 3.05) is 11.4 Å². The van der Waals surface area contributed by atoms with Crippen molar-refractivity contribution in [3.8, 4) is 11.3 Å². The Morgan fingerprint density at radius 1 is 1.07 bits per heavy atom. The van der Waals surface area contributed by atoms with Crippen LogP contribution in [-0.4, -0.2) is 32.4 Å². The van der Waals surface area contributed by atoms with E-state index >= 15 is 0 Å². The van der Waals surface area contributed by atoms with E-state index < -0.39 is 0 Å². The second-order valence-corrected chi connectivity index (χ2v) is 7.00. The molecule has 28 heavy (non-hydrogen) atoms. The van der Waals surface area contributed by atoms with Crippen molar-refractivity contribution in [1.29, 1.82) is 0 Å². The van der Waals surface area contributed by atoms with Crippen molar-refractivity contribution in [2.45, 2.75) is 19.4 Å². The summed E-state index contributed by atoms with van der Waals surface area (Å²) in [6, 6.07) is 18.1. The second-order valence-electron chi connectivity index (χ2n) is 7.00. The fourth-order valence-electron chi connectivity index (χ4n) is 4.01. The fraction of sp³-hybridized carbons (Fsp3) is 0.182. The van der Waals surface area contributed by atoms with E-state index in [-0.39, 0.29) is 11.9 Å². The van der Waals surface area contributed by atoms with Gasteiger partial charge in [0.25, 0.3) is 0 Å². The van der Waals surface area contributed by atoms with Gasteiger partial charge in [0.05, 0.1) is 17.8 Å². The molecule has 5 rings (SSSR count). The fourth-order valence-corrected chi connectivity index (χ4v) is 4.01. The van der Waals surface area contributed by atoms with Crippen LogP contribution in [0.2, 0.25) is 0 Å². The van der Waals surface area contributed by atoms with E-state index in [0.717, 1.165) is 39.8 Å². The minimum atomic E-state index is 0.0518. The average Bonchev–Trinajstić information content (AvgIpc) is 3.22. The summed E-state index contributed by atoms with van der Waals surface area (Å²) in [5, 5.41) is 9.94. The van der Waals surface area contributed by atoms with E-state index in [2.05, 4.69) is 21.4 Å². The quantitative estimate of drug-likeness (QED) is 0.539. The van der Waals surface area contributed by atoms with Gasteiger partial charge < -0.3 is 4.90 Å². The average molecular weight is 369 g/mol. The number of anilines is 1. The van der Waals surface area contributed by atoms with E-state index in [9.17, 15) is 4.79 Å². The van der Waals surface area contributed by atoms with E-state index in [1.807, 2.05) is 64.3 Å². The molecule has 0 radical (unpaired) electrons. The molecule has 4 aromatic rings. The first kappa shape index (κ1) is 16.6. The largest absolute Gasteiger partial charge is 0.312 e. The lowest BCUT2D eigenvalue weighted by Gasteiger charge is -2.33. The third-order valence-corrected chi connectivity index (χ3v) is 5.33. The Labute approximate surface area is 162 Å². The molecule has 1 aliphatic heterocycles. The number of fused-ring (bicyclic) bond motifs is 2. The van der Waals surface area contributed by atoms with Gasteiger partial charge in [0.1, 0.15) is 5.69 Å². The van der Waals surface area contributed by atoms with E-state index in [1.54, 1.807) is 13.1 Å². The molecule has 1 unspecified atom stereocenters. The summed E-state index contributed by atoms with van der Waals surface area (Å²) in [7, 11) is 0. The minimum absolute atomic E-state index is 0.0518. The highest BCUT2D eigenvalue weighted by atomic mass is 16.2. The Morgan fingerprint density at radius 3 is 2.82 bits per heavy atom. The molecule has 6 heteroatoms. The first-order valence-corrected chi connectivity index (χ1v) is 9.35. The van der Waals surface area contributed by atoms with Gasteiger partial charge in [-0.1, -0.05) is 47.7 Å². The smallest absolute Gasteiger partial charge is 0.223 e. The van der Waals surface area contributed by atoms with Gasteiger partial charge in [0.15, 0.2) is 0 Å². The highest BCUT2D eigenvalue weighted by Crippen LogP contribution is 2.36. The molecule has 0 bridgehead atoms. The van der Waals surface area contributed by atoms with Gasteiger partial charge in [-0.05, 0) is 18.6 Å². The maximum absolute atomic E-state index is 12.0. The van der Waals surface area contributed by atoms with Gasteiger partial charge >= 0.3 is 0 Å². The van der Waals surface area contributed by atoms with Gasteiger partial charge in [0.2, 0.25) is 5.91 Å². The molecule has 2 aromatic carbocycles. The molecule has 0 saturated heterocycles. The molecular weight excluding hydrogens is 350 g/mol. The van der Waals surface area contributed by atoms with E-state index in [1.165, 1.54) is 0 Å². The summed E-state index contributed by atoms with van der Waals surface area (Å²) in [5.41, 5.74) is 4.74. The Kier molecular flexibility index (Phi) is 3.90. The van der Waals surface area contributed by atoms with Crippen molar-refractivity contribution in [3.63, 3.8) is 0 Å². The van der Waals surface area contributed by atoms with Crippen LogP contribution in [-0.2, 0) is 4.79 Å². The molecule has 6 nitrogen and oxygen atoms in total. The Morgan fingerprint density at radius 2 is 1.93 bits per heavy atom. The molecule has 0 fully saturated rings. The lowest BCUT2D eigenvalue weighted by Crippen LogP contribution is -2.36. The molecule has 0 aliphatic carbocycles. The van der Waals surface area contributed by atoms with Crippen molar-refractivity contribution < 1.29 is 4.79 Å². The predicted molar refractivity (Wildman–Crippen MR) is 108 cm³/mol. The number of carbonyl (C=O) groups is 1. The van der Waals surface area contributed by atoms with Crippen molar-refractivity contribution in [3.05, 3.63) is 72.6 Å². The lowest BCUT2D eigenvalue weighted by molar-refractivity contribution is -0.116. The molecule has 3 heterocycles. The maximum atomic E-state index is 12.0. The number of nitrogens with zero attached hydrogens (tertiary/aromatic N) is 5. The topological polar surface area (TPSA) is 63.9 Å². The third kappa shape index (κ3) is 2.65. The predicted octanol–water partition coefficient (Wildman–Crippen LogP) is 3.84. The number of hydrogen-bond acceptors (Lipinski definition) is 4. The molecule has 138 valence electrons. The normalized spacial score (nSPS) is 16.2. The monoisotopic (exact) mass is 369 g/mol. The highest BCUT2D eigenvalue weighted by Gasteiger charge is 2.28. The Balaban J connectivity index is 1.57. The molecule has 1 aliphatic rings. The zero-order valence-corrected chi connectivity index (χ0v) is 15.5. The first-order valence-electron chi connectivity index (χ1n) is 9.35. The Hall–Kier alpha value is -3.54. The molecule has 1 amide bonds.